The number of para-hydroxylation sites is 3. The highest BCUT2D eigenvalue weighted by Gasteiger charge is 2.34. The van der Waals surface area contributed by atoms with Crippen LogP contribution in [0.15, 0.2) is 109 Å². The number of H-pyrrole nitrogens is 1. The normalized spacial score (nSPS) is 14.1. The van der Waals surface area contributed by atoms with Gasteiger partial charge >= 0.3 is 0 Å². The van der Waals surface area contributed by atoms with Gasteiger partial charge in [0.05, 0.1) is 5.56 Å². The van der Waals surface area contributed by atoms with E-state index < -0.39 is 0 Å². The maximum atomic E-state index is 3.79. The number of fused-ring (bicyclic) bond motifs is 1. The van der Waals surface area contributed by atoms with E-state index in [0.717, 1.165) is 17.0 Å². The van der Waals surface area contributed by atoms with Crippen molar-refractivity contribution in [3.8, 4) is 17.1 Å². The Labute approximate surface area is 209 Å². The number of nitrogens with one attached hydrogen (secondary N) is 1. The number of aromatic amines is 1. The number of nitrogens with zero attached hydrogens (tertiary/aromatic N) is 1. The van der Waals surface area contributed by atoms with Crippen LogP contribution in [-0.4, -0.2) is 4.98 Å². The van der Waals surface area contributed by atoms with E-state index in [1.807, 2.05) is 0 Å². The van der Waals surface area contributed by atoms with Gasteiger partial charge in [-0.2, -0.15) is 4.57 Å². The molecule has 0 atom stereocenters. The average molecular weight is 462 g/mol. The van der Waals surface area contributed by atoms with Gasteiger partial charge in [-0.05, 0) is 73.8 Å². The fourth-order valence-corrected chi connectivity index (χ4v) is 6.56. The van der Waals surface area contributed by atoms with Crippen molar-refractivity contribution in [2.75, 3.05) is 0 Å². The number of hydrogen-bond donors (Lipinski definition) is 1. The van der Waals surface area contributed by atoms with Crippen LogP contribution in [0.2, 0.25) is 0 Å². The van der Waals surface area contributed by atoms with Crippen LogP contribution < -0.4 is 4.57 Å². The van der Waals surface area contributed by atoms with Crippen molar-refractivity contribution in [1.29, 1.82) is 0 Å². The van der Waals surface area contributed by atoms with E-state index >= 15 is 0 Å². The van der Waals surface area contributed by atoms with Gasteiger partial charge in [0.15, 0.2) is 11.0 Å². The van der Waals surface area contributed by atoms with Gasteiger partial charge in [-0.3, -0.25) is 0 Å². The fraction of sp³-hybridized carbons (Fsp3) is 0.0882. The second-order valence-electron chi connectivity index (χ2n) is 10.5. The zero-order chi connectivity index (χ0) is 24.0. The highest BCUT2D eigenvalue weighted by atomic mass is 15.1. The summed E-state index contributed by atoms with van der Waals surface area (Å²) in [5, 5.41) is 8.09. The molecule has 7 aromatic rings. The van der Waals surface area contributed by atoms with Crippen molar-refractivity contribution in [3.05, 3.63) is 120 Å². The minimum Gasteiger partial charge on any atom is -0.236 e. The van der Waals surface area contributed by atoms with Crippen LogP contribution in [0.5, 0.6) is 0 Å². The minimum absolute atomic E-state index is 0.0746. The molecule has 0 aliphatic heterocycles. The zero-order valence-corrected chi connectivity index (χ0v) is 20.3. The predicted molar refractivity (Wildman–Crippen MR) is 150 cm³/mol. The molecule has 0 bridgehead atoms. The van der Waals surface area contributed by atoms with Crippen molar-refractivity contribution in [2.45, 2.75) is 19.3 Å². The smallest absolute Gasteiger partial charge is 0.236 e. The molecular formula is C34H25N2+. The Morgan fingerprint density at radius 2 is 1.33 bits per heavy atom. The molecule has 2 heteroatoms. The van der Waals surface area contributed by atoms with Crippen LogP contribution in [0.1, 0.15) is 25.0 Å². The van der Waals surface area contributed by atoms with E-state index in [4.69, 9.17) is 0 Å². The number of hydrogen-bond acceptors (Lipinski definition) is 0. The molecule has 1 aliphatic carbocycles. The molecule has 2 nitrogen and oxygen atoms in total. The first-order valence-electron chi connectivity index (χ1n) is 12.6. The third kappa shape index (κ3) is 2.43. The Hall–Kier alpha value is -4.43. The highest BCUT2D eigenvalue weighted by molar-refractivity contribution is 6.26. The molecule has 1 N–H and O–H groups in total. The summed E-state index contributed by atoms with van der Waals surface area (Å²) in [7, 11) is 0. The Morgan fingerprint density at radius 1 is 0.611 bits per heavy atom. The summed E-state index contributed by atoms with van der Waals surface area (Å²) in [6, 6.07) is 39.9. The molecule has 0 fully saturated rings. The first-order chi connectivity index (χ1) is 17.6. The lowest BCUT2D eigenvalue weighted by Crippen LogP contribution is -2.32. The summed E-state index contributed by atoms with van der Waals surface area (Å²) < 4.78 is 2.37. The van der Waals surface area contributed by atoms with Gasteiger partial charge < -0.3 is 0 Å². The molecular weight excluding hydrogens is 436 g/mol. The summed E-state index contributed by atoms with van der Waals surface area (Å²) >= 11 is 0. The lowest BCUT2D eigenvalue weighted by molar-refractivity contribution is -0.554. The van der Waals surface area contributed by atoms with Gasteiger partial charge in [-0.15, -0.1) is 0 Å². The maximum absolute atomic E-state index is 3.79. The van der Waals surface area contributed by atoms with E-state index in [0.29, 0.717) is 0 Å². The number of rotatable bonds is 2. The Kier molecular flexibility index (Phi) is 3.76. The summed E-state index contributed by atoms with van der Waals surface area (Å²) in [5.74, 6) is 1.11. The summed E-state index contributed by atoms with van der Waals surface area (Å²) in [4.78, 5) is 3.79. The van der Waals surface area contributed by atoms with Crippen LogP contribution >= 0.6 is 0 Å². The van der Waals surface area contributed by atoms with Gasteiger partial charge in [-0.1, -0.05) is 92.7 Å². The van der Waals surface area contributed by atoms with E-state index in [2.05, 4.69) is 133 Å². The molecule has 1 aromatic heterocycles. The Morgan fingerprint density at radius 3 is 2.19 bits per heavy atom. The molecule has 170 valence electrons. The maximum Gasteiger partial charge on any atom is 0.293 e. The molecule has 1 aliphatic rings. The molecule has 0 saturated heterocycles. The van der Waals surface area contributed by atoms with Crippen LogP contribution in [-0.2, 0) is 5.41 Å². The third-order valence-corrected chi connectivity index (χ3v) is 8.22. The summed E-state index contributed by atoms with van der Waals surface area (Å²) in [6.45, 7) is 4.75. The average Bonchev–Trinajstić information content (AvgIpc) is 3.31. The number of imidazole rings is 1. The standard InChI is InChI=1S/C34H24N2/c1-34(2)26-14-8-10-21-18-19-22-20-25(24-13-9-15-27(34)32(24)31(22)30(21)26)33-35-28-16-6-7-17-29(28)36(33)23-11-4-3-5-12-23/h3-20H,1-2H3/p+1. The lowest BCUT2D eigenvalue weighted by Gasteiger charge is -2.34. The highest BCUT2D eigenvalue weighted by Crippen LogP contribution is 2.50. The van der Waals surface area contributed by atoms with Gasteiger partial charge in [0.2, 0.25) is 0 Å². The summed E-state index contributed by atoms with van der Waals surface area (Å²) in [5.41, 5.74) is 7.44. The van der Waals surface area contributed by atoms with E-state index in [1.165, 1.54) is 54.5 Å². The van der Waals surface area contributed by atoms with E-state index in [-0.39, 0.29) is 5.41 Å². The van der Waals surface area contributed by atoms with Crippen LogP contribution in [0.4, 0.5) is 0 Å². The molecule has 0 spiro atoms. The molecule has 36 heavy (non-hydrogen) atoms. The molecule has 0 unspecified atom stereocenters. The van der Waals surface area contributed by atoms with Crippen molar-refractivity contribution < 1.29 is 4.57 Å². The SMILES string of the molecule is CC1(C)c2cccc3ccc4cc(-c5[nH]c6ccccc6[n+]5-c5ccccc5)c5cccc1c5c4c23. The number of benzene rings is 6. The lowest BCUT2D eigenvalue weighted by atomic mass is 9.69. The van der Waals surface area contributed by atoms with Crippen LogP contribution in [0.3, 0.4) is 0 Å². The topological polar surface area (TPSA) is 19.7 Å². The molecule has 1 heterocycles. The summed E-state index contributed by atoms with van der Waals surface area (Å²) in [6.07, 6.45) is 0. The number of aromatic nitrogens is 2. The molecule has 0 amide bonds. The monoisotopic (exact) mass is 461 g/mol. The minimum atomic E-state index is -0.0746. The van der Waals surface area contributed by atoms with Gasteiger partial charge in [-0.25, -0.2) is 4.98 Å². The Balaban J connectivity index is 1.59. The van der Waals surface area contributed by atoms with Gasteiger partial charge in [0.25, 0.3) is 5.82 Å². The van der Waals surface area contributed by atoms with Crippen molar-refractivity contribution in [1.82, 2.24) is 4.98 Å². The van der Waals surface area contributed by atoms with E-state index in [9.17, 15) is 0 Å². The zero-order valence-electron chi connectivity index (χ0n) is 20.3. The largest absolute Gasteiger partial charge is 0.293 e. The van der Waals surface area contributed by atoms with Crippen LogP contribution in [0.25, 0.3) is 60.4 Å². The molecule has 8 rings (SSSR count). The first kappa shape index (κ1) is 19.8. The Bertz CT molecular complexity index is 2010. The van der Waals surface area contributed by atoms with E-state index in [1.54, 1.807) is 0 Å². The second-order valence-corrected chi connectivity index (χ2v) is 10.5. The van der Waals surface area contributed by atoms with Gasteiger partial charge in [0, 0.05) is 5.41 Å². The molecule has 0 radical (unpaired) electrons. The fourth-order valence-electron chi connectivity index (χ4n) is 6.56. The van der Waals surface area contributed by atoms with Crippen LogP contribution in [0, 0.1) is 0 Å². The quantitative estimate of drug-likeness (QED) is 0.198. The van der Waals surface area contributed by atoms with Crippen molar-refractivity contribution >= 4 is 43.4 Å². The molecule has 0 saturated carbocycles. The first-order valence-corrected chi connectivity index (χ1v) is 12.6. The van der Waals surface area contributed by atoms with Gasteiger partial charge in [0.1, 0.15) is 5.69 Å². The van der Waals surface area contributed by atoms with Crippen molar-refractivity contribution in [3.63, 3.8) is 0 Å². The molecule has 6 aromatic carbocycles. The third-order valence-electron chi connectivity index (χ3n) is 8.22. The predicted octanol–water partition coefficient (Wildman–Crippen LogP) is 8.21. The second kappa shape index (κ2) is 6.83. The van der Waals surface area contributed by atoms with Crippen molar-refractivity contribution in [2.24, 2.45) is 0 Å².